The van der Waals surface area contributed by atoms with Gasteiger partial charge in [0.2, 0.25) is 12.0 Å². The molecule has 2 aromatic carbocycles. The summed E-state index contributed by atoms with van der Waals surface area (Å²) in [4.78, 5) is 25.2. The van der Waals surface area contributed by atoms with Crippen LogP contribution in [0.15, 0.2) is 24.5 Å². The van der Waals surface area contributed by atoms with Crippen molar-refractivity contribution in [2.75, 3.05) is 6.61 Å². The Morgan fingerprint density at radius 3 is 2.15 bits per heavy atom. The number of aliphatic hydroxyl groups is 4. The summed E-state index contributed by atoms with van der Waals surface area (Å²) < 4.78 is 20.8. The minimum Gasteiger partial charge on any atom is -0.504 e. The van der Waals surface area contributed by atoms with Gasteiger partial charge in [-0.1, -0.05) is 0 Å². The highest BCUT2D eigenvalue weighted by molar-refractivity contribution is 6.23. The van der Waals surface area contributed by atoms with Crippen LogP contribution in [0, 0.1) is 0 Å². The molecule has 1 saturated heterocycles. The molecule has 14 heteroatoms. The van der Waals surface area contributed by atoms with Gasteiger partial charge < -0.3 is 59.2 Å². The zero-order valence-corrected chi connectivity index (χ0v) is 16.7. The highest BCUT2D eigenvalue weighted by atomic mass is 16.7. The second kappa shape index (κ2) is 7.34. The number of aromatic hydroxyl groups is 4. The monoisotopic (exact) mass is 480 g/mol. The van der Waals surface area contributed by atoms with E-state index in [0.717, 1.165) is 6.07 Å². The van der Waals surface area contributed by atoms with Crippen LogP contribution in [0.3, 0.4) is 0 Å². The highest BCUT2D eigenvalue weighted by Crippen LogP contribution is 2.48. The number of ether oxygens (including phenoxy) is 2. The van der Waals surface area contributed by atoms with Crippen LogP contribution in [0.4, 0.5) is 0 Å². The first-order valence-electron chi connectivity index (χ1n) is 9.69. The quantitative estimate of drug-likeness (QED) is 0.156. The third kappa shape index (κ3) is 2.80. The van der Waals surface area contributed by atoms with Gasteiger partial charge in [-0.05, 0) is 6.07 Å². The van der Waals surface area contributed by atoms with Gasteiger partial charge in [0, 0.05) is 5.39 Å². The van der Waals surface area contributed by atoms with E-state index in [1.807, 2.05) is 0 Å². The Morgan fingerprint density at radius 2 is 1.47 bits per heavy atom. The zero-order chi connectivity index (χ0) is 24.6. The first-order chi connectivity index (χ1) is 16.1. The van der Waals surface area contributed by atoms with Crippen molar-refractivity contribution in [3.63, 3.8) is 0 Å². The van der Waals surface area contributed by atoms with Gasteiger partial charge in [0.05, 0.1) is 17.4 Å². The topological polar surface area (TPSA) is 241 Å². The number of aliphatic hydroxyl groups excluding tert-OH is 4. The molecule has 34 heavy (non-hydrogen) atoms. The van der Waals surface area contributed by atoms with Crippen LogP contribution >= 0.6 is 0 Å². The van der Waals surface area contributed by atoms with Gasteiger partial charge in [-0.15, -0.1) is 0 Å². The van der Waals surface area contributed by atoms with Crippen molar-refractivity contribution < 1.29 is 59.2 Å². The maximum Gasteiger partial charge on any atom is 0.294 e. The van der Waals surface area contributed by atoms with Crippen LogP contribution in [0.25, 0.3) is 32.7 Å². The number of phenols is 2. The minimum absolute atomic E-state index is 0.259. The summed E-state index contributed by atoms with van der Waals surface area (Å²) in [6.45, 7) is -0.795. The molecule has 8 N–H and O–H groups in total. The van der Waals surface area contributed by atoms with E-state index in [4.69, 9.17) is 18.3 Å². The number of benzene rings is 2. The molecule has 0 saturated carbocycles. The van der Waals surface area contributed by atoms with Gasteiger partial charge in [-0.3, -0.25) is 9.59 Å². The number of hydrogen-bond acceptors (Lipinski definition) is 14. The highest BCUT2D eigenvalue weighted by Gasteiger charge is 2.45. The van der Waals surface area contributed by atoms with Crippen LogP contribution in [0.2, 0.25) is 0 Å². The summed E-state index contributed by atoms with van der Waals surface area (Å²) in [5.74, 6) is -4.87. The van der Waals surface area contributed by atoms with E-state index in [-0.39, 0.29) is 16.2 Å². The predicted molar refractivity (Wildman–Crippen MR) is 108 cm³/mol. The third-order valence-electron chi connectivity index (χ3n) is 5.73. The molecular formula is C20H16O14. The average Bonchev–Trinajstić information content (AvgIpc) is 2.81. The smallest absolute Gasteiger partial charge is 0.294 e. The molecule has 2 aromatic heterocycles. The first kappa shape index (κ1) is 22.0. The SMILES string of the molecule is O=c1c(O)cc2c(O)oc3c(=O)c(O)c(O[C@@H]4O[C@H](CO)[C@@H](O)[C@H](O)[C@H]4O)c4c(O)oc1c2c43. The van der Waals surface area contributed by atoms with Crippen LogP contribution in [-0.4, -0.2) is 78.2 Å². The van der Waals surface area contributed by atoms with Crippen molar-refractivity contribution in [1.82, 2.24) is 0 Å². The third-order valence-corrected chi connectivity index (χ3v) is 5.73. The van der Waals surface area contributed by atoms with E-state index in [9.17, 15) is 50.4 Å². The Bertz CT molecular complexity index is 1550. The fourth-order valence-electron chi connectivity index (χ4n) is 4.05. The Hall–Kier alpha value is -3.82. The summed E-state index contributed by atoms with van der Waals surface area (Å²) in [5.41, 5.74) is -3.72. The lowest BCUT2D eigenvalue weighted by molar-refractivity contribution is -0.277. The van der Waals surface area contributed by atoms with E-state index < -0.39 is 93.9 Å². The fraction of sp³-hybridized carbons (Fsp3) is 0.300. The first-order valence-corrected chi connectivity index (χ1v) is 9.69. The van der Waals surface area contributed by atoms with Gasteiger partial charge in [0.25, 0.3) is 22.8 Å². The summed E-state index contributed by atoms with van der Waals surface area (Å²) in [6.07, 6.45) is -8.79. The summed E-state index contributed by atoms with van der Waals surface area (Å²) in [6, 6.07) is 0.838. The van der Waals surface area contributed by atoms with Crippen LogP contribution in [0.5, 0.6) is 29.1 Å². The predicted octanol–water partition coefficient (Wildman–Crippen LogP) is -1.51. The molecule has 1 aliphatic heterocycles. The molecule has 0 bridgehead atoms. The Kier molecular flexibility index (Phi) is 4.75. The largest absolute Gasteiger partial charge is 0.504 e. The van der Waals surface area contributed by atoms with Crippen molar-refractivity contribution in [2.45, 2.75) is 30.7 Å². The van der Waals surface area contributed by atoms with E-state index in [0.29, 0.717) is 0 Å². The van der Waals surface area contributed by atoms with Gasteiger partial charge in [0.15, 0.2) is 22.7 Å². The maximum absolute atomic E-state index is 12.8. The van der Waals surface area contributed by atoms with Crippen LogP contribution in [0.1, 0.15) is 0 Å². The summed E-state index contributed by atoms with van der Waals surface area (Å²) >= 11 is 0. The van der Waals surface area contributed by atoms with Crippen molar-refractivity contribution in [3.05, 3.63) is 26.5 Å². The second-order valence-corrected chi connectivity index (χ2v) is 7.69. The van der Waals surface area contributed by atoms with Crippen molar-refractivity contribution in [1.29, 1.82) is 0 Å². The van der Waals surface area contributed by atoms with Crippen LogP contribution in [-0.2, 0) is 4.74 Å². The molecule has 0 spiro atoms. The molecule has 5 rings (SSSR count). The molecule has 0 aliphatic carbocycles. The fourth-order valence-corrected chi connectivity index (χ4v) is 4.05. The lowest BCUT2D eigenvalue weighted by atomic mass is 9.99. The van der Waals surface area contributed by atoms with Gasteiger partial charge in [-0.25, -0.2) is 0 Å². The molecule has 1 aliphatic rings. The van der Waals surface area contributed by atoms with Crippen LogP contribution < -0.4 is 15.6 Å². The molecule has 180 valence electrons. The lowest BCUT2D eigenvalue weighted by Crippen LogP contribution is -2.60. The molecule has 1 fully saturated rings. The number of hydrogen-bond donors (Lipinski definition) is 8. The van der Waals surface area contributed by atoms with Gasteiger partial charge in [0.1, 0.15) is 29.8 Å². The Labute approximate surface area is 185 Å². The molecule has 0 unspecified atom stereocenters. The van der Waals surface area contributed by atoms with E-state index >= 15 is 0 Å². The molecule has 3 heterocycles. The zero-order valence-electron chi connectivity index (χ0n) is 16.7. The van der Waals surface area contributed by atoms with E-state index in [1.54, 1.807) is 0 Å². The second-order valence-electron chi connectivity index (χ2n) is 7.69. The molecule has 14 nitrogen and oxygen atoms in total. The normalized spacial score (nSPS) is 25.5. The molecular weight excluding hydrogens is 464 g/mol. The Balaban J connectivity index is 1.83. The molecule has 0 amide bonds. The Morgan fingerprint density at radius 1 is 0.824 bits per heavy atom. The van der Waals surface area contributed by atoms with E-state index in [1.165, 1.54) is 0 Å². The standard InChI is InChI=1S/C20H16O14/c21-2-5-10(24)11(25)14(28)20(31-5)34-17-8-7-6-3(18(29)32-16(7)12(26)13(17)27)1-4(22)9(23)15(6)33-19(8)30/h1,5,10-11,14,20-22,24-25,27-30H,2H2/t5-,10-,11+,14-,20+/m1/s1. The number of rotatable bonds is 3. The van der Waals surface area contributed by atoms with Crippen molar-refractivity contribution in [3.8, 4) is 29.1 Å². The minimum atomic E-state index is -1.94. The van der Waals surface area contributed by atoms with Crippen molar-refractivity contribution >= 4 is 32.7 Å². The summed E-state index contributed by atoms with van der Waals surface area (Å²) in [7, 11) is 0. The maximum atomic E-state index is 12.8. The molecule has 4 aromatic rings. The van der Waals surface area contributed by atoms with E-state index in [2.05, 4.69) is 0 Å². The summed E-state index contributed by atoms with van der Waals surface area (Å²) in [5, 5.41) is 79.2. The molecule has 5 atom stereocenters. The average molecular weight is 480 g/mol. The van der Waals surface area contributed by atoms with Crippen molar-refractivity contribution in [2.24, 2.45) is 0 Å². The van der Waals surface area contributed by atoms with Gasteiger partial charge >= 0.3 is 0 Å². The lowest BCUT2D eigenvalue weighted by Gasteiger charge is -2.39. The number of phenolic OH excluding ortho intramolecular Hbond substituents is 2. The molecule has 0 radical (unpaired) electrons. The van der Waals surface area contributed by atoms with Gasteiger partial charge in [-0.2, -0.15) is 0 Å².